The fourth-order valence-electron chi connectivity index (χ4n) is 2.05. The smallest absolute Gasteiger partial charge is 0.427 e. The number of esters is 1. The second-order valence-corrected chi connectivity index (χ2v) is 5.59. The molecule has 2 rings (SSSR count). The van der Waals surface area contributed by atoms with Gasteiger partial charge in [0.2, 0.25) is 0 Å². The molecule has 0 unspecified atom stereocenters. The lowest BCUT2D eigenvalue weighted by atomic mass is 10.0. The van der Waals surface area contributed by atoms with Crippen molar-refractivity contribution in [3.8, 4) is 5.75 Å². The molecule has 0 radical (unpaired) electrons. The molecule has 136 valence electrons. The van der Waals surface area contributed by atoms with E-state index in [-0.39, 0.29) is 12.6 Å². The Morgan fingerprint density at radius 1 is 1.00 bits per heavy atom. The van der Waals surface area contributed by atoms with E-state index in [2.05, 4.69) is 10.5 Å². The number of nitrogens with zero attached hydrogens (tertiary/aromatic N) is 1. The number of hydrogen-bond donors (Lipinski definition) is 1. The van der Waals surface area contributed by atoms with Gasteiger partial charge in [-0.2, -0.15) is 5.10 Å². The van der Waals surface area contributed by atoms with Gasteiger partial charge >= 0.3 is 12.1 Å². The molecule has 0 aliphatic carbocycles. The molecule has 6 nitrogen and oxygen atoms in total. The van der Waals surface area contributed by atoms with Crippen LogP contribution in [0.1, 0.15) is 31.4 Å². The third kappa shape index (κ3) is 5.60. The molecule has 0 heterocycles. The molecule has 2 aromatic rings. The first-order valence-electron chi connectivity index (χ1n) is 8.11. The van der Waals surface area contributed by atoms with E-state index in [4.69, 9.17) is 21.1 Å². The molecule has 0 aromatic heterocycles. The van der Waals surface area contributed by atoms with Crippen molar-refractivity contribution in [2.45, 2.75) is 20.3 Å². The van der Waals surface area contributed by atoms with Crippen molar-refractivity contribution >= 4 is 29.4 Å². The zero-order chi connectivity index (χ0) is 18.9. The molecule has 0 bridgehead atoms. The van der Waals surface area contributed by atoms with Crippen LogP contribution in [0.5, 0.6) is 5.75 Å². The van der Waals surface area contributed by atoms with Crippen molar-refractivity contribution in [1.82, 2.24) is 5.43 Å². The van der Waals surface area contributed by atoms with Gasteiger partial charge in [-0.05, 0) is 43.3 Å². The predicted octanol–water partition coefficient (Wildman–Crippen LogP) is 4.15. The molecule has 2 aromatic carbocycles. The predicted molar refractivity (Wildman–Crippen MR) is 99.6 cm³/mol. The molecular formula is C19H19ClN2O4. The number of ether oxygens (including phenoxy) is 2. The molecule has 7 heteroatoms. The van der Waals surface area contributed by atoms with Crippen molar-refractivity contribution in [3.63, 3.8) is 0 Å². The Labute approximate surface area is 156 Å². The number of carbonyl (C=O) groups excluding carboxylic acids is 2. The molecule has 0 saturated carbocycles. The second-order valence-electron chi connectivity index (χ2n) is 5.15. The zero-order valence-corrected chi connectivity index (χ0v) is 15.2. The number of benzene rings is 2. The molecule has 0 aliphatic heterocycles. The van der Waals surface area contributed by atoms with Gasteiger partial charge in [0, 0.05) is 22.6 Å². The summed E-state index contributed by atoms with van der Waals surface area (Å²) in [6.45, 7) is 3.68. The molecule has 0 spiro atoms. The van der Waals surface area contributed by atoms with Gasteiger partial charge in [-0.1, -0.05) is 30.7 Å². The van der Waals surface area contributed by atoms with E-state index in [1.165, 1.54) is 0 Å². The highest BCUT2D eigenvalue weighted by Gasteiger charge is 2.10. The first kappa shape index (κ1) is 19.5. The lowest BCUT2D eigenvalue weighted by molar-refractivity contribution is -0.134. The van der Waals surface area contributed by atoms with E-state index in [0.717, 1.165) is 11.1 Å². The molecular weight excluding hydrogens is 356 g/mol. The highest BCUT2D eigenvalue weighted by molar-refractivity contribution is 6.30. The molecule has 0 aliphatic rings. The van der Waals surface area contributed by atoms with Crippen molar-refractivity contribution in [2.24, 2.45) is 5.10 Å². The maximum Gasteiger partial charge on any atom is 0.427 e. The summed E-state index contributed by atoms with van der Waals surface area (Å²) < 4.78 is 9.99. The topological polar surface area (TPSA) is 77.0 Å². The van der Waals surface area contributed by atoms with Gasteiger partial charge in [0.25, 0.3) is 0 Å². The Hall–Kier alpha value is -2.86. The van der Waals surface area contributed by atoms with Gasteiger partial charge in [-0.25, -0.2) is 10.2 Å². The lowest BCUT2D eigenvalue weighted by Crippen LogP contribution is -2.21. The highest BCUT2D eigenvalue weighted by atomic mass is 35.5. The minimum atomic E-state index is -0.646. The van der Waals surface area contributed by atoms with Gasteiger partial charge in [0.1, 0.15) is 5.75 Å². The van der Waals surface area contributed by atoms with Crippen LogP contribution in [0, 0.1) is 0 Å². The van der Waals surface area contributed by atoms with Crippen LogP contribution in [0.2, 0.25) is 5.02 Å². The van der Waals surface area contributed by atoms with E-state index in [0.29, 0.717) is 22.9 Å². The summed E-state index contributed by atoms with van der Waals surface area (Å²) in [7, 11) is 0. The van der Waals surface area contributed by atoms with Crippen LogP contribution in [-0.2, 0) is 9.53 Å². The van der Waals surface area contributed by atoms with E-state index in [1.54, 1.807) is 62.4 Å². The van der Waals surface area contributed by atoms with Crippen LogP contribution >= 0.6 is 11.6 Å². The summed E-state index contributed by atoms with van der Waals surface area (Å²) in [5.74, 6) is 0.128. The van der Waals surface area contributed by atoms with Crippen LogP contribution in [-0.4, -0.2) is 24.4 Å². The molecule has 26 heavy (non-hydrogen) atoms. The summed E-state index contributed by atoms with van der Waals surface area (Å²) in [6.07, 6.45) is -0.352. The van der Waals surface area contributed by atoms with Gasteiger partial charge in [-0.3, -0.25) is 4.79 Å². The number of rotatable bonds is 6. The summed E-state index contributed by atoms with van der Waals surface area (Å²) in [5, 5.41) is 4.75. The van der Waals surface area contributed by atoms with Gasteiger partial charge in [0.15, 0.2) is 0 Å². The Kier molecular flexibility index (Phi) is 7.17. The molecule has 0 fully saturated rings. The monoisotopic (exact) mass is 374 g/mol. The minimum Gasteiger partial charge on any atom is -0.449 e. The standard InChI is InChI=1S/C19H19ClN2O4/c1-3-17(23)26-16-11-7-14(8-12-16)18(21-22-19(24)25-4-2)13-5-9-15(20)10-6-13/h5-12H,3-4H2,1-2H3,(H,22,24). The number of halogens is 1. The summed E-state index contributed by atoms with van der Waals surface area (Å²) in [6, 6.07) is 13.9. The van der Waals surface area contributed by atoms with Crippen molar-refractivity contribution in [1.29, 1.82) is 0 Å². The maximum atomic E-state index is 11.6. The maximum absolute atomic E-state index is 11.6. The third-order valence-electron chi connectivity index (χ3n) is 3.30. The zero-order valence-electron chi connectivity index (χ0n) is 14.5. The van der Waals surface area contributed by atoms with E-state index < -0.39 is 6.09 Å². The largest absolute Gasteiger partial charge is 0.449 e. The first-order chi connectivity index (χ1) is 12.5. The SMILES string of the molecule is CCOC(=O)NN=C(c1ccc(Cl)cc1)c1ccc(OC(=O)CC)cc1. The quantitative estimate of drug-likeness (QED) is 0.356. The van der Waals surface area contributed by atoms with Crippen LogP contribution in [0.3, 0.4) is 0 Å². The van der Waals surface area contributed by atoms with Crippen molar-refractivity contribution in [2.75, 3.05) is 6.61 Å². The van der Waals surface area contributed by atoms with Crippen LogP contribution in [0.15, 0.2) is 53.6 Å². The molecule has 1 N–H and O–H groups in total. The summed E-state index contributed by atoms with van der Waals surface area (Å²) >= 11 is 5.94. The summed E-state index contributed by atoms with van der Waals surface area (Å²) in [5.41, 5.74) is 4.35. The first-order valence-corrected chi connectivity index (χ1v) is 8.48. The van der Waals surface area contributed by atoms with Gasteiger partial charge in [0.05, 0.1) is 12.3 Å². The number of hydrogen-bond acceptors (Lipinski definition) is 5. The Balaban J connectivity index is 2.30. The van der Waals surface area contributed by atoms with Crippen molar-refractivity contribution < 1.29 is 19.1 Å². The second kappa shape index (κ2) is 9.58. The Morgan fingerprint density at radius 2 is 1.58 bits per heavy atom. The Bertz CT molecular complexity index is 786. The normalized spacial score (nSPS) is 11.0. The number of nitrogens with one attached hydrogen (secondary N) is 1. The number of carbonyl (C=O) groups is 2. The minimum absolute atomic E-state index is 0.245. The average Bonchev–Trinajstić information content (AvgIpc) is 2.64. The van der Waals surface area contributed by atoms with Crippen LogP contribution in [0.4, 0.5) is 4.79 Å². The molecule has 0 saturated heterocycles. The van der Waals surface area contributed by atoms with E-state index >= 15 is 0 Å². The lowest BCUT2D eigenvalue weighted by Gasteiger charge is -2.09. The van der Waals surface area contributed by atoms with Gasteiger partial charge < -0.3 is 9.47 Å². The average molecular weight is 375 g/mol. The highest BCUT2D eigenvalue weighted by Crippen LogP contribution is 2.18. The van der Waals surface area contributed by atoms with Gasteiger partial charge in [-0.15, -0.1) is 0 Å². The molecule has 0 atom stereocenters. The number of hydrazone groups is 1. The van der Waals surface area contributed by atoms with E-state index in [9.17, 15) is 9.59 Å². The third-order valence-corrected chi connectivity index (χ3v) is 3.55. The fourth-order valence-corrected chi connectivity index (χ4v) is 2.18. The molecule has 1 amide bonds. The van der Waals surface area contributed by atoms with E-state index in [1.807, 2.05) is 0 Å². The van der Waals surface area contributed by atoms with Crippen LogP contribution in [0.25, 0.3) is 0 Å². The number of amides is 1. The Morgan fingerprint density at radius 3 is 2.12 bits per heavy atom. The van der Waals surface area contributed by atoms with Crippen LogP contribution < -0.4 is 10.2 Å². The summed E-state index contributed by atoms with van der Waals surface area (Å²) in [4.78, 5) is 22.9. The fraction of sp³-hybridized carbons (Fsp3) is 0.211. The van der Waals surface area contributed by atoms with Crippen molar-refractivity contribution in [3.05, 3.63) is 64.7 Å².